The van der Waals surface area contributed by atoms with Gasteiger partial charge >= 0.3 is 6.36 Å². The van der Waals surface area contributed by atoms with Gasteiger partial charge in [-0.1, -0.05) is 29.0 Å². The molecule has 170 valence electrons. The van der Waals surface area contributed by atoms with E-state index in [1.807, 2.05) is 0 Å². The standard InChI is InChI=1S/C21H10ClF5N2O3S/c22-12-8-11(32-21(25,26)27)5-7-16(12)31-10-4-6-15-17(9-10)33-20(28-15)29-19(30)18-13(23)2-1-3-14(18)24/h1-9H,(H,28,29,30). The van der Waals surface area contributed by atoms with Crippen molar-refractivity contribution >= 4 is 44.2 Å². The molecule has 0 spiro atoms. The first-order valence-electron chi connectivity index (χ1n) is 8.98. The zero-order chi connectivity index (χ0) is 23.8. The van der Waals surface area contributed by atoms with Crippen molar-refractivity contribution in [2.75, 3.05) is 5.32 Å². The highest BCUT2D eigenvalue weighted by Crippen LogP contribution is 2.36. The van der Waals surface area contributed by atoms with E-state index < -0.39 is 35.2 Å². The molecular formula is C21H10ClF5N2O3S. The molecule has 1 amide bonds. The van der Waals surface area contributed by atoms with Crippen molar-refractivity contribution in [1.29, 1.82) is 0 Å². The van der Waals surface area contributed by atoms with Gasteiger partial charge in [-0.25, -0.2) is 13.8 Å². The molecule has 0 saturated carbocycles. The van der Waals surface area contributed by atoms with Crippen LogP contribution in [0.25, 0.3) is 10.2 Å². The second-order valence-electron chi connectivity index (χ2n) is 6.44. The van der Waals surface area contributed by atoms with Crippen LogP contribution in [-0.4, -0.2) is 17.3 Å². The molecule has 33 heavy (non-hydrogen) atoms. The van der Waals surface area contributed by atoms with Crippen LogP contribution in [0.1, 0.15) is 10.4 Å². The third kappa shape index (κ3) is 5.32. The quantitative estimate of drug-likeness (QED) is 0.295. The Labute approximate surface area is 191 Å². The minimum atomic E-state index is -4.85. The molecular weight excluding hydrogens is 491 g/mol. The topological polar surface area (TPSA) is 60.5 Å². The van der Waals surface area contributed by atoms with Crippen LogP contribution in [0.5, 0.6) is 17.2 Å². The molecule has 1 aromatic heterocycles. The predicted molar refractivity (Wildman–Crippen MR) is 112 cm³/mol. The summed E-state index contributed by atoms with van der Waals surface area (Å²) in [6, 6.07) is 11.0. The van der Waals surface area contributed by atoms with Crippen molar-refractivity contribution < 1.29 is 36.2 Å². The smallest absolute Gasteiger partial charge is 0.456 e. The van der Waals surface area contributed by atoms with Crippen molar-refractivity contribution in [3.63, 3.8) is 0 Å². The number of halogens is 6. The van der Waals surface area contributed by atoms with E-state index in [4.69, 9.17) is 16.3 Å². The lowest BCUT2D eigenvalue weighted by atomic mass is 10.2. The largest absolute Gasteiger partial charge is 0.573 e. The normalized spacial score (nSPS) is 11.5. The number of thiazole rings is 1. The number of fused-ring (bicyclic) bond motifs is 1. The van der Waals surface area contributed by atoms with Crippen LogP contribution >= 0.6 is 22.9 Å². The van der Waals surface area contributed by atoms with Crippen LogP contribution in [0.15, 0.2) is 54.6 Å². The van der Waals surface area contributed by atoms with Crippen LogP contribution in [0.4, 0.5) is 27.1 Å². The van der Waals surface area contributed by atoms with E-state index in [2.05, 4.69) is 15.0 Å². The summed E-state index contributed by atoms with van der Waals surface area (Å²) in [5, 5.41) is 2.34. The minimum Gasteiger partial charge on any atom is -0.456 e. The third-order valence-corrected chi connectivity index (χ3v) is 5.36. The Balaban J connectivity index is 1.52. The molecule has 1 heterocycles. The van der Waals surface area contributed by atoms with E-state index in [0.717, 1.165) is 41.7 Å². The van der Waals surface area contributed by atoms with Crippen LogP contribution in [0.2, 0.25) is 5.02 Å². The van der Waals surface area contributed by atoms with Crippen LogP contribution in [-0.2, 0) is 0 Å². The lowest BCUT2D eigenvalue weighted by Crippen LogP contribution is -2.17. The average molecular weight is 501 g/mol. The molecule has 4 rings (SSSR count). The number of carbonyl (C=O) groups excluding carboxylic acids is 1. The highest BCUT2D eigenvalue weighted by Gasteiger charge is 2.31. The summed E-state index contributed by atoms with van der Waals surface area (Å²) in [6.45, 7) is 0. The Morgan fingerprint density at radius 1 is 1.00 bits per heavy atom. The maximum absolute atomic E-state index is 13.8. The number of nitrogens with zero attached hydrogens (tertiary/aromatic N) is 1. The number of amides is 1. The first-order valence-corrected chi connectivity index (χ1v) is 10.2. The van der Waals surface area contributed by atoms with Crippen LogP contribution in [0.3, 0.4) is 0 Å². The maximum Gasteiger partial charge on any atom is 0.573 e. The van der Waals surface area contributed by atoms with Gasteiger partial charge in [-0.15, -0.1) is 13.2 Å². The number of ether oxygens (including phenoxy) is 2. The fourth-order valence-corrected chi connectivity index (χ4v) is 3.88. The molecule has 4 aromatic rings. The Hall–Kier alpha value is -3.44. The summed E-state index contributed by atoms with van der Waals surface area (Å²) >= 11 is 7.00. The van der Waals surface area contributed by atoms with E-state index in [9.17, 15) is 26.7 Å². The predicted octanol–water partition coefficient (Wildman–Crippen LogP) is 7.17. The highest BCUT2D eigenvalue weighted by atomic mass is 35.5. The van der Waals surface area contributed by atoms with Gasteiger partial charge in [0.15, 0.2) is 5.13 Å². The summed E-state index contributed by atoms with van der Waals surface area (Å²) in [5.74, 6) is -3.13. The SMILES string of the molecule is O=C(Nc1nc2ccc(Oc3ccc(OC(F)(F)F)cc3Cl)cc2s1)c1c(F)cccc1F. The third-order valence-electron chi connectivity index (χ3n) is 4.13. The van der Waals surface area contributed by atoms with Gasteiger partial charge in [-0.3, -0.25) is 10.1 Å². The summed E-state index contributed by atoms with van der Waals surface area (Å²) in [5.41, 5.74) is -0.259. The average Bonchev–Trinajstić information content (AvgIpc) is 3.10. The van der Waals surface area contributed by atoms with Gasteiger partial charge in [0.05, 0.1) is 15.2 Å². The minimum absolute atomic E-state index is 0.0820. The molecule has 0 saturated heterocycles. The van der Waals surface area contributed by atoms with Gasteiger partial charge in [-0.05, 0) is 36.4 Å². The van der Waals surface area contributed by atoms with E-state index >= 15 is 0 Å². The second-order valence-corrected chi connectivity index (χ2v) is 7.88. The summed E-state index contributed by atoms with van der Waals surface area (Å²) in [4.78, 5) is 16.4. The molecule has 0 atom stereocenters. The lowest BCUT2D eigenvalue weighted by molar-refractivity contribution is -0.274. The van der Waals surface area contributed by atoms with Gasteiger partial charge in [0.1, 0.15) is 34.4 Å². The van der Waals surface area contributed by atoms with Gasteiger partial charge in [0.2, 0.25) is 0 Å². The van der Waals surface area contributed by atoms with E-state index in [1.165, 1.54) is 12.1 Å². The van der Waals surface area contributed by atoms with Gasteiger partial charge in [0.25, 0.3) is 5.91 Å². The molecule has 5 nitrogen and oxygen atoms in total. The van der Waals surface area contributed by atoms with Crippen LogP contribution in [0, 0.1) is 11.6 Å². The first kappa shape index (κ1) is 22.7. The summed E-state index contributed by atoms with van der Waals surface area (Å²) in [6.07, 6.45) is -4.85. The van der Waals surface area contributed by atoms with Crippen LogP contribution < -0.4 is 14.8 Å². The van der Waals surface area contributed by atoms with Crippen molar-refractivity contribution in [3.8, 4) is 17.2 Å². The van der Waals surface area contributed by atoms with E-state index in [-0.39, 0.29) is 21.7 Å². The second kappa shape index (κ2) is 8.83. The number of benzene rings is 3. The monoisotopic (exact) mass is 500 g/mol. The number of aromatic nitrogens is 1. The molecule has 1 N–H and O–H groups in total. The molecule has 0 aliphatic rings. The number of hydrogen-bond donors (Lipinski definition) is 1. The Kier molecular flexibility index (Phi) is 6.09. The number of nitrogens with one attached hydrogen (secondary N) is 1. The molecule has 3 aromatic carbocycles. The maximum atomic E-state index is 13.8. The Morgan fingerprint density at radius 2 is 1.70 bits per heavy atom. The van der Waals surface area contributed by atoms with Crippen molar-refractivity contribution in [3.05, 3.63) is 76.8 Å². The lowest BCUT2D eigenvalue weighted by Gasteiger charge is -2.11. The number of rotatable bonds is 5. The number of alkyl halides is 3. The fourth-order valence-electron chi connectivity index (χ4n) is 2.78. The molecule has 0 aliphatic heterocycles. The van der Waals surface area contributed by atoms with Gasteiger partial charge in [-0.2, -0.15) is 0 Å². The number of hydrogen-bond acceptors (Lipinski definition) is 5. The van der Waals surface area contributed by atoms with Gasteiger partial charge < -0.3 is 9.47 Å². The van der Waals surface area contributed by atoms with Crippen molar-refractivity contribution in [1.82, 2.24) is 4.98 Å². The molecule has 0 bridgehead atoms. The zero-order valence-corrected chi connectivity index (χ0v) is 17.6. The summed E-state index contributed by atoms with van der Waals surface area (Å²) < 4.78 is 74.5. The number of anilines is 1. The molecule has 0 fully saturated rings. The Bertz CT molecular complexity index is 1340. The molecule has 0 radical (unpaired) electrons. The van der Waals surface area contributed by atoms with Crippen molar-refractivity contribution in [2.24, 2.45) is 0 Å². The summed E-state index contributed by atoms with van der Waals surface area (Å²) in [7, 11) is 0. The highest BCUT2D eigenvalue weighted by molar-refractivity contribution is 7.22. The fraction of sp³-hybridized carbons (Fsp3) is 0.0476. The number of carbonyl (C=O) groups is 1. The van der Waals surface area contributed by atoms with E-state index in [1.54, 1.807) is 12.1 Å². The molecule has 0 unspecified atom stereocenters. The van der Waals surface area contributed by atoms with E-state index in [0.29, 0.717) is 10.2 Å². The van der Waals surface area contributed by atoms with Crippen molar-refractivity contribution in [2.45, 2.75) is 6.36 Å². The molecule has 0 aliphatic carbocycles. The Morgan fingerprint density at radius 3 is 2.36 bits per heavy atom. The molecule has 12 heteroatoms. The van der Waals surface area contributed by atoms with Gasteiger partial charge in [0, 0.05) is 12.1 Å². The zero-order valence-electron chi connectivity index (χ0n) is 16.0. The first-order chi connectivity index (χ1) is 15.6.